The second-order valence-corrected chi connectivity index (χ2v) is 6.15. The summed E-state index contributed by atoms with van der Waals surface area (Å²) in [5, 5.41) is 4.63. The quantitative estimate of drug-likeness (QED) is 0.637. The van der Waals surface area contributed by atoms with Crippen molar-refractivity contribution in [2.24, 2.45) is 0 Å². The van der Waals surface area contributed by atoms with Crippen LogP contribution in [0.25, 0.3) is 0 Å². The van der Waals surface area contributed by atoms with E-state index in [0.29, 0.717) is 35.2 Å². The number of halogens is 1. The average Bonchev–Trinajstić information content (AvgIpc) is 3.32. The third-order valence-corrected chi connectivity index (χ3v) is 4.07. The molecule has 2 aromatic heterocycles. The van der Waals surface area contributed by atoms with Gasteiger partial charge in [0.15, 0.2) is 6.79 Å². The zero-order valence-electron chi connectivity index (χ0n) is 13.7. The van der Waals surface area contributed by atoms with E-state index < -0.39 is 5.97 Å². The van der Waals surface area contributed by atoms with Crippen LogP contribution in [0.15, 0.2) is 47.1 Å². The van der Waals surface area contributed by atoms with E-state index in [2.05, 4.69) is 5.10 Å². The molecule has 0 fully saturated rings. The molecule has 1 aliphatic rings. The number of rotatable bonds is 5. The molecule has 3 aromatic rings. The van der Waals surface area contributed by atoms with E-state index >= 15 is 0 Å². The Hall–Kier alpha value is -2.77. The number of hydrogen-bond acceptors (Lipinski definition) is 6. The summed E-state index contributed by atoms with van der Waals surface area (Å²) >= 11 is 6.11. The zero-order valence-corrected chi connectivity index (χ0v) is 14.4. The first-order valence-electron chi connectivity index (χ1n) is 7.94. The Kier molecular flexibility index (Phi) is 4.64. The molecule has 0 spiro atoms. The molecule has 0 aliphatic carbocycles. The van der Waals surface area contributed by atoms with Gasteiger partial charge in [-0.2, -0.15) is 5.10 Å². The monoisotopic (exact) mass is 374 g/mol. The van der Waals surface area contributed by atoms with Crippen LogP contribution in [0.3, 0.4) is 0 Å². The number of carbonyl (C=O) groups excluding carboxylic acids is 1. The van der Waals surface area contributed by atoms with E-state index in [9.17, 15) is 4.79 Å². The molecule has 1 aromatic carbocycles. The van der Waals surface area contributed by atoms with Crippen LogP contribution in [-0.2, 0) is 29.2 Å². The van der Waals surface area contributed by atoms with E-state index in [4.69, 9.17) is 30.2 Å². The fraction of sp³-hybridized carbons (Fsp3) is 0.222. The maximum Gasteiger partial charge on any atom is 0.374 e. The van der Waals surface area contributed by atoms with Crippen molar-refractivity contribution in [3.8, 4) is 5.75 Å². The Morgan fingerprint density at radius 1 is 1.35 bits per heavy atom. The van der Waals surface area contributed by atoms with Crippen LogP contribution in [0.5, 0.6) is 5.75 Å². The van der Waals surface area contributed by atoms with Crippen LogP contribution in [0.1, 0.15) is 27.4 Å². The molecule has 0 bridgehead atoms. The number of benzene rings is 1. The van der Waals surface area contributed by atoms with E-state index in [-0.39, 0.29) is 19.2 Å². The summed E-state index contributed by atoms with van der Waals surface area (Å²) < 4.78 is 23.3. The van der Waals surface area contributed by atoms with Crippen molar-refractivity contribution >= 4 is 17.6 Å². The van der Waals surface area contributed by atoms with Gasteiger partial charge < -0.3 is 18.6 Å². The lowest BCUT2D eigenvalue weighted by Gasteiger charge is -2.20. The highest BCUT2D eigenvalue weighted by molar-refractivity contribution is 6.30. The van der Waals surface area contributed by atoms with Gasteiger partial charge in [0.1, 0.15) is 18.1 Å². The summed E-state index contributed by atoms with van der Waals surface area (Å²) in [5.74, 6) is 0.832. The number of hydrogen-bond donors (Lipinski definition) is 0. The van der Waals surface area contributed by atoms with Crippen molar-refractivity contribution in [1.29, 1.82) is 0 Å². The molecule has 0 unspecified atom stereocenters. The molecular weight excluding hydrogens is 360 g/mol. The van der Waals surface area contributed by atoms with Gasteiger partial charge in [0.2, 0.25) is 5.76 Å². The largest absolute Gasteiger partial charge is 0.467 e. The van der Waals surface area contributed by atoms with Crippen LogP contribution in [-0.4, -0.2) is 22.5 Å². The first-order valence-corrected chi connectivity index (χ1v) is 8.32. The summed E-state index contributed by atoms with van der Waals surface area (Å²) in [5.41, 5.74) is 1.52. The lowest BCUT2D eigenvalue weighted by Crippen LogP contribution is -2.14. The molecule has 3 heterocycles. The molecule has 4 rings (SSSR count). The lowest BCUT2D eigenvalue weighted by atomic mass is 10.1. The Morgan fingerprint density at radius 2 is 2.27 bits per heavy atom. The molecule has 1 aliphatic heterocycles. The number of esters is 1. The topological polar surface area (TPSA) is 75.7 Å². The molecule has 8 heteroatoms. The van der Waals surface area contributed by atoms with Crippen LogP contribution in [0, 0.1) is 0 Å². The number of carbonyl (C=O) groups is 1. The van der Waals surface area contributed by atoms with Gasteiger partial charge in [0, 0.05) is 28.5 Å². The van der Waals surface area contributed by atoms with Crippen LogP contribution >= 0.6 is 11.6 Å². The van der Waals surface area contributed by atoms with Gasteiger partial charge in [-0.25, -0.2) is 4.79 Å². The van der Waals surface area contributed by atoms with Crippen LogP contribution in [0.4, 0.5) is 0 Å². The van der Waals surface area contributed by atoms with Crippen molar-refractivity contribution in [3.05, 3.63) is 70.4 Å². The summed E-state index contributed by atoms with van der Waals surface area (Å²) in [4.78, 5) is 12.2. The van der Waals surface area contributed by atoms with Gasteiger partial charge in [-0.3, -0.25) is 4.68 Å². The molecule has 26 heavy (non-hydrogen) atoms. The van der Waals surface area contributed by atoms with Crippen molar-refractivity contribution in [2.75, 3.05) is 6.79 Å². The van der Waals surface area contributed by atoms with E-state index in [1.807, 2.05) is 12.3 Å². The third-order valence-electron chi connectivity index (χ3n) is 3.85. The van der Waals surface area contributed by atoms with Crippen LogP contribution < -0.4 is 4.74 Å². The van der Waals surface area contributed by atoms with Gasteiger partial charge in [0.05, 0.1) is 13.2 Å². The molecule has 0 saturated carbocycles. The highest BCUT2D eigenvalue weighted by atomic mass is 35.5. The highest BCUT2D eigenvalue weighted by Gasteiger charge is 2.19. The number of fused-ring (bicyclic) bond motifs is 1. The first-order chi connectivity index (χ1) is 12.7. The normalized spacial score (nSPS) is 13.1. The van der Waals surface area contributed by atoms with Gasteiger partial charge in [-0.15, -0.1) is 0 Å². The second-order valence-electron chi connectivity index (χ2n) is 5.71. The van der Waals surface area contributed by atoms with Crippen molar-refractivity contribution in [3.63, 3.8) is 0 Å². The Morgan fingerprint density at radius 3 is 3.12 bits per heavy atom. The fourth-order valence-electron chi connectivity index (χ4n) is 2.70. The SMILES string of the molecule is O=C(OCc1cc(Cl)cc2c1OCOC2)c1ccc(Cn2cccn2)o1. The number of furan rings is 1. The fourth-order valence-corrected chi connectivity index (χ4v) is 2.97. The predicted molar refractivity (Wildman–Crippen MR) is 90.9 cm³/mol. The van der Waals surface area contributed by atoms with Crippen molar-refractivity contribution in [1.82, 2.24) is 9.78 Å². The van der Waals surface area contributed by atoms with E-state index in [1.165, 1.54) is 0 Å². The van der Waals surface area contributed by atoms with Crippen molar-refractivity contribution in [2.45, 2.75) is 19.8 Å². The summed E-state index contributed by atoms with van der Waals surface area (Å²) in [7, 11) is 0. The third kappa shape index (κ3) is 3.58. The Bertz CT molecular complexity index is 920. The van der Waals surface area contributed by atoms with Crippen LogP contribution in [0.2, 0.25) is 5.02 Å². The highest BCUT2D eigenvalue weighted by Crippen LogP contribution is 2.32. The molecule has 0 atom stereocenters. The maximum atomic E-state index is 12.2. The molecule has 134 valence electrons. The number of ether oxygens (including phenoxy) is 3. The smallest absolute Gasteiger partial charge is 0.374 e. The Labute approximate surface area is 154 Å². The van der Waals surface area contributed by atoms with Gasteiger partial charge in [-0.05, 0) is 30.3 Å². The average molecular weight is 375 g/mol. The van der Waals surface area contributed by atoms with E-state index in [0.717, 1.165) is 5.56 Å². The zero-order chi connectivity index (χ0) is 17.9. The maximum absolute atomic E-state index is 12.2. The number of aromatic nitrogens is 2. The lowest BCUT2D eigenvalue weighted by molar-refractivity contribution is -0.0180. The molecular formula is C18H15ClN2O5. The second kappa shape index (κ2) is 7.23. The standard InChI is InChI=1S/C18H15ClN2O5/c19-14-6-12-9-23-11-25-17(12)13(7-14)10-24-18(22)16-3-2-15(26-16)8-21-5-1-4-20-21/h1-7H,8-11H2. The Balaban J connectivity index is 1.43. The number of nitrogens with zero attached hydrogens (tertiary/aromatic N) is 2. The molecule has 0 saturated heterocycles. The molecule has 0 radical (unpaired) electrons. The molecule has 0 amide bonds. The summed E-state index contributed by atoms with van der Waals surface area (Å²) in [6.45, 7) is 1.03. The van der Waals surface area contributed by atoms with E-state index in [1.54, 1.807) is 35.1 Å². The summed E-state index contributed by atoms with van der Waals surface area (Å²) in [6, 6.07) is 8.61. The van der Waals surface area contributed by atoms with Gasteiger partial charge in [0.25, 0.3) is 0 Å². The summed E-state index contributed by atoms with van der Waals surface area (Å²) in [6.07, 6.45) is 3.49. The molecule has 7 nitrogen and oxygen atoms in total. The van der Waals surface area contributed by atoms with Crippen molar-refractivity contribution < 1.29 is 23.4 Å². The van der Waals surface area contributed by atoms with Gasteiger partial charge >= 0.3 is 5.97 Å². The first kappa shape index (κ1) is 16.7. The van der Waals surface area contributed by atoms with Gasteiger partial charge in [-0.1, -0.05) is 11.6 Å². The molecule has 0 N–H and O–H groups in total. The predicted octanol–water partition coefficient (Wildman–Crippen LogP) is 3.40. The minimum Gasteiger partial charge on any atom is -0.467 e. The minimum atomic E-state index is -0.558. The minimum absolute atomic E-state index is 0.0247.